The molecule has 9 unspecified atom stereocenters. The number of phosphoric acid groups is 1. The molecule has 1 aliphatic rings. The Hall–Kier alpha value is 4.86. The van der Waals surface area contributed by atoms with Gasteiger partial charge in [-0.3, -0.25) is 27.3 Å². The van der Waals surface area contributed by atoms with Crippen LogP contribution in [0.15, 0.2) is 0 Å². The van der Waals surface area contributed by atoms with Crippen molar-refractivity contribution < 1.29 is 206 Å². The quantitative estimate of drug-likeness (QED) is 0.110. The van der Waals surface area contributed by atoms with Gasteiger partial charge in [0, 0.05) is 54.7 Å². The van der Waals surface area contributed by atoms with E-state index in [1.807, 2.05) is 0 Å². The Kier molecular flexibility index (Phi) is 27.2. The summed E-state index contributed by atoms with van der Waals surface area (Å²) < 4.78 is 119. The molecule has 0 saturated heterocycles. The van der Waals surface area contributed by atoms with Gasteiger partial charge in [0.15, 0.2) is 0 Å². The van der Waals surface area contributed by atoms with E-state index in [-0.39, 0.29) is 118 Å². The second-order valence-electron chi connectivity index (χ2n) is 8.27. The van der Waals surface area contributed by atoms with Gasteiger partial charge in [0.2, 0.25) is 0 Å². The van der Waals surface area contributed by atoms with Crippen molar-refractivity contribution in [1.29, 1.82) is 0 Å². The molecule has 1 fully saturated rings. The van der Waals surface area contributed by atoms with Gasteiger partial charge < -0.3 is 60.4 Å². The molecule has 43 heavy (non-hydrogen) atoms. The molecule has 19 nitrogen and oxygen atoms in total. The molecule has 0 bridgehead atoms. The van der Waals surface area contributed by atoms with Crippen LogP contribution >= 0.6 is 45.8 Å². The molecule has 1 aliphatic carbocycles. The molecule has 1 saturated carbocycles. The number of hydrogen-bond acceptors (Lipinski definition) is 19. The Morgan fingerprint density at radius 2 is 0.581 bits per heavy atom. The molecule has 0 aromatic carbocycles. The first-order valence-corrected chi connectivity index (χ1v) is 21.8. The maximum Gasteiger partial charge on any atom is 1.00 e. The van der Waals surface area contributed by atoms with E-state index in [4.69, 9.17) is 36.2 Å². The zero-order valence-corrected chi connectivity index (χ0v) is 39.3. The van der Waals surface area contributed by atoms with E-state index in [1.165, 1.54) is 0 Å². The van der Waals surface area contributed by atoms with Crippen molar-refractivity contribution in [1.82, 2.24) is 0 Å². The predicted molar refractivity (Wildman–Crippen MR) is 126 cm³/mol. The van der Waals surface area contributed by atoms with Crippen LogP contribution in [0, 0.1) is 0 Å². The summed E-state index contributed by atoms with van der Waals surface area (Å²) in [7, 11) is -26.2. The van der Waals surface area contributed by atoms with E-state index in [2.05, 4.69) is 4.52 Å². The Morgan fingerprint density at radius 1 is 0.395 bits per heavy atom. The van der Waals surface area contributed by atoms with Crippen molar-refractivity contribution >= 4 is 45.8 Å². The average molecular weight is 780 g/mol. The molecule has 234 valence electrons. The number of rotatable bonds is 15. The van der Waals surface area contributed by atoms with Gasteiger partial charge in [-0.2, -0.15) is 0 Å². The minimum absolute atomic E-state index is 0. The molecule has 0 amide bonds. The standard InChI is InChI=1S/C14H34O19P6.4Na/c1-25-36(6,19)30-11-9(28-34(4,15)16)12(31-37(7,20)26-2)14(33-39(22,23)24)13(32-38(8,21)27-3)10(11)29-35(5,17)18;;;;/h9-14H,1-8H3,(H,15,16)(H,17,18)(H2,22,23,24);;;;/q;4*+1/p-4. The smallest absolute Gasteiger partial charge is 0.790 e. The van der Waals surface area contributed by atoms with Crippen LogP contribution in [0.1, 0.15) is 0 Å². The first-order chi connectivity index (χ1) is 17.3. The number of phosphoric ester groups is 1. The summed E-state index contributed by atoms with van der Waals surface area (Å²) in [4.78, 5) is 47.9. The predicted octanol–water partition coefficient (Wildman–Crippen LogP) is -12.1. The molecular formula is C14H30Na4O19P6. The summed E-state index contributed by atoms with van der Waals surface area (Å²) in [6.07, 6.45) is -14.0. The van der Waals surface area contributed by atoms with Crippen molar-refractivity contribution in [3.8, 4) is 0 Å². The topological polar surface area (TPSA) is 278 Å². The third kappa shape index (κ3) is 20.5. The molecule has 29 heteroatoms. The van der Waals surface area contributed by atoms with Crippen molar-refractivity contribution in [2.24, 2.45) is 0 Å². The first kappa shape index (κ1) is 54.6. The maximum atomic E-state index is 12.8. The SMILES string of the molecule is COP(C)(=O)OC1C(OP(C)(=O)[O-])C(OP(C)(=O)OC)C(OP(=O)([O-])[O-])C(OP(C)(=O)OC)C1OP(C)(=O)[O-].[Na+].[Na+].[Na+].[Na+]. The van der Waals surface area contributed by atoms with Crippen LogP contribution in [0.5, 0.6) is 0 Å². The van der Waals surface area contributed by atoms with Crippen LogP contribution < -0.4 is 138 Å². The Bertz CT molecular complexity index is 993. The number of hydrogen-bond donors (Lipinski definition) is 0. The average Bonchev–Trinajstić information content (AvgIpc) is 2.73. The van der Waals surface area contributed by atoms with Gasteiger partial charge in [0.25, 0.3) is 0 Å². The van der Waals surface area contributed by atoms with E-state index in [0.29, 0.717) is 13.3 Å². The first-order valence-electron chi connectivity index (χ1n) is 10.3. The molecule has 1 rings (SSSR count). The van der Waals surface area contributed by atoms with E-state index in [1.54, 1.807) is 0 Å². The van der Waals surface area contributed by atoms with E-state index in [9.17, 15) is 47.0 Å². The second-order valence-corrected chi connectivity index (χ2v) is 19.2. The molecule has 0 heterocycles. The Morgan fingerprint density at radius 3 is 0.744 bits per heavy atom. The fourth-order valence-electron chi connectivity index (χ4n) is 3.23. The second kappa shape index (κ2) is 21.4. The van der Waals surface area contributed by atoms with Crippen molar-refractivity contribution in [2.75, 3.05) is 54.7 Å². The van der Waals surface area contributed by atoms with Gasteiger partial charge in [-0.15, -0.1) is 0 Å². The van der Waals surface area contributed by atoms with E-state index >= 15 is 0 Å². The van der Waals surface area contributed by atoms with Gasteiger partial charge in [0.1, 0.15) is 51.8 Å². The van der Waals surface area contributed by atoms with Crippen LogP contribution in [-0.4, -0.2) is 91.3 Å². The molecule has 0 aliphatic heterocycles. The van der Waals surface area contributed by atoms with E-state index < -0.39 is 82.4 Å². The van der Waals surface area contributed by atoms with Crippen molar-refractivity contribution in [3.63, 3.8) is 0 Å². The third-order valence-electron chi connectivity index (χ3n) is 4.75. The summed E-state index contributed by atoms with van der Waals surface area (Å²) in [5, 5.41) is 0. The minimum atomic E-state index is -6.13. The van der Waals surface area contributed by atoms with Gasteiger partial charge in [-0.25, -0.2) is 0 Å². The molecule has 0 aromatic heterocycles. The fourth-order valence-corrected chi connectivity index (χ4v) is 7.43. The summed E-state index contributed by atoms with van der Waals surface area (Å²) >= 11 is 0. The van der Waals surface area contributed by atoms with Crippen LogP contribution in [-0.2, 0) is 68.1 Å². The minimum Gasteiger partial charge on any atom is -0.790 e. The molecular weight excluding hydrogens is 750 g/mol. The molecule has 0 N–H and O–H groups in total. The van der Waals surface area contributed by atoms with Crippen LogP contribution in [0.25, 0.3) is 0 Å². The third-order valence-corrected chi connectivity index (χ3v) is 10.4. The molecule has 0 radical (unpaired) electrons. The van der Waals surface area contributed by atoms with Gasteiger partial charge >= 0.3 is 141 Å². The van der Waals surface area contributed by atoms with Crippen molar-refractivity contribution in [2.45, 2.75) is 36.6 Å². The zero-order valence-electron chi connectivity index (χ0n) is 25.9. The largest absolute Gasteiger partial charge is 1.00 e. The summed E-state index contributed by atoms with van der Waals surface area (Å²) in [5.74, 6) is 0. The molecule has 9 atom stereocenters. The van der Waals surface area contributed by atoms with E-state index in [0.717, 1.165) is 41.3 Å². The van der Waals surface area contributed by atoms with Crippen LogP contribution in [0.2, 0.25) is 0 Å². The Balaban J connectivity index is -0.00000190. The van der Waals surface area contributed by atoms with Gasteiger partial charge in [-0.05, 0) is 0 Å². The zero-order chi connectivity index (χ0) is 30.8. The maximum absolute atomic E-state index is 12.8. The Labute approximate surface area is 338 Å². The van der Waals surface area contributed by atoms with Crippen LogP contribution in [0.3, 0.4) is 0 Å². The molecule has 0 aromatic rings. The summed E-state index contributed by atoms with van der Waals surface area (Å²) in [6, 6.07) is 0. The van der Waals surface area contributed by atoms with Gasteiger partial charge in [0.05, 0.1) is 7.82 Å². The normalized spacial score (nSPS) is 31.0. The fraction of sp³-hybridized carbons (Fsp3) is 1.00. The summed E-state index contributed by atoms with van der Waals surface area (Å²) in [6.45, 7) is 3.58. The van der Waals surface area contributed by atoms with Crippen LogP contribution in [0.4, 0.5) is 0 Å². The van der Waals surface area contributed by atoms with Gasteiger partial charge in [-0.1, -0.05) is 0 Å². The summed E-state index contributed by atoms with van der Waals surface area (Å²) in [5.41, 5.74) is 0. The molecule has 0 spiro atoms. The van der Waals surface area contributed by atoms with Crippen molar-refractivity contribution in [3.05, 3.63) is 0 Å². The monoisotopic (exact) mass is 780 g/mol.